The summed E-state index contributed by atoms with van der Waals surface area (Å²) in [6.07, 6.45) is 0. The Balaban J connectivity index is 2.17. The number of aryl methyl sites for hydroxylation is 1. The Bertz CT molecular complexity index is 1050. The van der Waals surface area contributed by atoms with Crippen molar-refractivity contribution in [1.82, 2.24) is 9.97 Å². The van der Waals surface area contributed by atoms with Crippen LogP contribution in [0.25, 0.3) is 10.9 Å². The molecule has 0 aliphatic rings. The number of hydrogen-bond donors (Lipinski definition) is 2. The summed E-state index contributed by atoms with van der Waals surface area (Å²) in [6, 6.07) is 5.66. The van der Waals surface area contributed by atoms with Gasteiger partial charge in [-0.2, -0.15) is 0 Å². The zero-order valence-electron chi connectivity index (χ0n) is 16.8. The van der Waals surface area contributed by atoms with Gasteiger partial charge in [0.05, 0.1) is 0 Å². The third kappa shape index (κ3) is 3.84. The number of carbonyl (C=O) groups is 1. The number of anilines is 2. The van der Waals surface area contributed by atoms with Crippen molar-refractivity contribution in [3.8, 4) is 11.5 Å². The van der Waals surface area contributed by atoms with Crippen LogP contribution in [0.2, 0.25) is 0 Å². The maximum atomic E-state index is 12.0. The van der Waals surface area contributed by atoms with E-state index >= 15 is 0 Å². The Morgan fingerprint density at radius 1 is 1.11 bits per heavy atom. The second-order valence-corrected chi connectivity index (χ2v) is 9.64. The number of nitrogens with one attached hydrogen (secondary N) is 1. The van der Waals surface area contributed by atoms with Crippen LogP contribution in [0.4, 0.5) is 11.5 Å². The second kappa shape index (κ2) is 7.45. The average molecular weight is 447 g/mol. The van der Waals surface area contributed by atoms with Crippen molar-refractivity contribution in [2.45, 2.75) is 33.1 Å². The second-order valence-electron chi connectivity index (χ2n) is 7.44. The first kappa shape index (κ1) is 20.2. The van der Waals surface area contributed by atoms with Crippen molar-refractivity contribution >= 4 is 42.8 Å². The Hall–Kier alpha value is -2.57. The molecular weight excluding hydrogens is 423 g/mol. The summed E-state index contributed by atoms with van der Waals surface area (Å²) >= 11 is -0.120. The zero-order chi connectivity index (χ0) is 20.6. The van der Waals surface area contributed by atoms with E-state index in [9.17, 15) is 4.79 Å². The number of carbonyl (C=O) groups excluding carboxylic acids is 1. The molecule has 7 nitrogen and oxygen atoms in total. The van der Waals surface area contributed by atoms with Crippen molar-refractivity contribution in [1.29, 1.82) is 0 Å². The van der Waals surface area contributed by atoms with Crippen molar-refractivity contribution in [3.05, 3.63) is 32.9 Å². The summed E-state index contributed by atoms with van der Waals surface area (Å²) in [5.41, 5.74) is 7.03. The topological polar surface area (TPSA) is 99.4 Å². The minimum atomic E-state index is -0.410. The van der Waals surface area contributed by atoms with Gasteiger partial charge in [-0.1, -0.05) is 0 Å². The molecule has 0 spiro atoms. The third-order valence-corrected chi connectivity index (χ3v) is 7.57. The number of ether oxygens (including phenoxy) is 2. The van der Waals surface area contributed by atoms with Crippen LogP contribution in [-0.4, -0.2) is 44.6 Å². The van der Waals surface area contributed by atoms with E-state index in [-0.39, 0.29) is 19.9 Å². The van der Waals surface area contributed by atoms with Gasteiger partial charge in [0.2, 0.25) is 0 Å². The normalized spacial score (nSPS) is 11.5. The number of fused-ring (bicyclic) bond motifs is 1. The van der Waals surface area contributed by atoms with Gasteiger partial charge in [0.1, 0.15) is 0 Å². The molecule has 1 aromatic carbocycles. The third-order valence-electron chi connectivity index (χ3n) is 4.26. The standard InChI is InChI=1S/C20H24N4O3Se/c1-10-22-12-8-15(27-6)14(26-5)7-11(12)19(23-10)24-13-9-16(20(2,3)4)28-17(13)18(21)25/h7-9H,1-6H3,(H2,21,25)(H,22,23,24). The fourth-order valence-corrected chi connectivity index (χ4v) is 4.98. The molecule has 0 saturated carbocycles. The predicted molar refractivity (Wildman–Crippen MR) is 111 cm³/mol. The number of aromatic nitrogens is 2. The van der Waals surface area contributed by atoms with E-state index in [2.05, 4.69) is 36.1 Å². The molecule has 2 heterocycles. The number of methoxy groups -OCH3 is 2. The Labute approximate surface area is 170 Å². The molecular formula is C20H24N4O3Se. The number of primary amides is 1. The number of amides is 1. The van der Waals surface area contributed by atoms with Crippen LogP contribution >= 0.6 is 0 Å². The Morgan fingerprint density at radius 3 is 2.32 bits per heavy atom. The van der Waals surface area contributed by atoms with E-state index < -0.39 is 5.91 Å². The maximum absolute atomic E-state index is 12.0. The number of hydrogen-bond acceptors (Lipinski definition) is 6. The van der Waals surface area contributed by atoms with Gasteiger partial charge < -0.3 is 0 Å². The molecule has 3 rings (SSSR count). The number of nitrogens with zero attached hydrogens (tertiary/aromatic N) is 2. The molecule has 0 saturated heterocycles. The van der Waals surface area contributed by atoms with E-state index in [1.54, 1.807) is 14.2 Å². The summed E-state index contributed by atoms with van der Waals surface area (Å²) in [4.78, 5) is 21.1. The number of nitrogens with two attached hydrogens (primary N) is 1. The van der Waals surface area contributed by atoms with Gasteiger partial charge in [0, 0.05) is 0 Å². The molecule has 0 aliphatic carbocycles. The molecule has 28 heavy (non-hydrogen) atoms. The number of rotatable bonds is 5. The molecule has 0 fully saturated rings. The van der Waals surface area contributed by atoms with Crippen LogP contribution in [0.5, 0.6) is 11.5 Å². The molecule has 0 unspecified atom stereocenters. The van der Waals surface area contributed by atoms with Crippen molar-refractivity contribution in [2.24, 2.45) is 5.73 Å². The molecule has 3 aromatic rings. The van der Waals surface area contributed by atoms with Crippen LogP contribution < -0.4 is 20.5 Å². The van der Waals surface area contributed by atoms with E-state index in [0.717, 1.165) is 10.9 Å². The summed E-state index contributed by atoms with van der Waals surface area (Å²) in [5.74, 6) is 1.96. The van der Waals surface area contributed by atoms with E-state index in [1.165, 1.54) is 4.44 Å². The molecule has 2 aromatic heterocycles. The summed E-state index contributed by atoms with van der Waals surface area (Å²) in [7, 11) is 3.16. The fourth-order valence-electron chi connectivity index (χ4n) is 2.83. The van der Waals surface area contributed by atoms with Crippen LogP contribution in [0.3, 0.4) is 0 Å². The van der Waals surface area contributed by atoms with Crippen LogP contribution in [0.1, 0.15) is 40.3 Å². The molecule has 0 bridgehead atoms. The number of benzene rings is 1. The summed E-state index contributed by atoms with van der Waals surface area (Å²) < 4.78 is 12.6. The fraction of sp³-hybridized carbons (Fsp3) is 0.350. The van der Waals surface area contributed by atoms with Crippen molar-refractivity contribution in [3.63, 3.8) is 0 Å². The minimum absolute atomic E-state index is 0.0373. The van der Waals surface area contributed by atoms with Gasteiger partial charge in [0.15, 0.2) is 0 Å². The zero-order valence-corrected chi connectivity index (χ0v) is 18.5. The molecule has 8 heteroatoms. The Kier molecular flexibility index (Phi) is 5.37. The molecule has 0 atom stereocenters. The molecule has 0 aliphatic heterocycles. The summed E-state index contributed by atoms with van der Waals surface area (Å²) in [6.45, 7) is 8.20. The molecule has 3 N–H and O–H groups in total. The molecule has 148 valence electrons. The van der Waals surface area contributed by atoms with Gasteiger partial charge in [-0.3, -0.25) is 0 Å². The monoisotopic (exact) mass is 448 g/mol. The molecule has 1 amide bonds. The van der Waals surface area contributed by atoms with Crippen LogP contribution in [0.15, 0.2) is 18.2 Å². The SMILES string of the molecule is COc1cc2nc(C)nc(Nc3cc(C(C)(C)C)[se]c3C(N)=O)c2cc1OC. The van der Waals surface area contributed by atoms with Gasteiger partial charge in [-0.05, 0) is 0 Å². The quantitative estimate of drug-likeness (QED) is 0.583. The van der Waals surface area contributed by atoms with E-state index in [1.807, 2.05) is 25.1 Å². The van der Waals surface area contributed by atoms with Crippen molar-refractivity contribution in [2.75, 3.05) is 19.5 Å². The first-order chi connectivity index (χ1) is 13.1. The Morgan fingerprint density at radius 2 is 1.75 bits per heavy atom. The predicted octanol–water partition coefficient (Wildman–Crippen LogP) is 3.15. The van der Waals surface area contributed by atoms with Crippen LogP contribution in [-0.2, 0) is 5.41 Å². The van der Waals surface area contributed by atoms with E-state index in [0.29, 0.717) is 33.3 Å². The first-order valence-electron chi connectivity index (χ1n) is 8.75. The van der Waals surface area contributed by atoms with Gasteiger partial charge in [-0.15, -0.1) is 0 Å². The molecule has 0 radical (unpaired) electrons. The van der Waals surface area contributed by atoms with Gasteiger partial charge in [0.25, 0.3) is 0 Å². The van der Waals surface area contributed by atoms with E-state index in [4.69, 9.17) is 15.2 Å². The average Bonchev–Trinajstić information content (AvgIpc) is 3.05. The van der Waals surface area contributed by atoms with Gasteiger partial charge in [-0.25, -0.2) is 0 Å². The first-order valence-corrected chi connectivity index (χ1v) is 10.5. The van der Waals surface area contributed by atoms with Crippen LogP contribution in [0, 0.1) is 6.92 Å². The van der Waals surface area contributed by atoms with Crippen molar-refractivity contribution < 1.29 is 14.3 Å². The summed E-state index contributed by atoms with van der Waals surface area (Å²) in [5, 5.41) is 4.09. The van der Waals surface area contributed by atoms with Gasteiger partial charge >= 0.3 is 170 Å².